The molecule has 0 atom stereocenters. The minimum Gasteiger partial charge on any atom is -0.497 e. The minimum atomic E-state index is 0.432. The predicted octanol–water partition coefficient (Wildman–Crippen LogP) is 5.54. The number of halogens is 1. The molecule has 5 heteroatoms. The zero-order valence-corrected chi connectivity index (χ0v) is 15.5. The highest BCUT2D eigenvalue weighted by molar-refractivity contribution is 6.30. The van der Waals surface area contributed by atoms with Crippen molar-refractivity contribution < 1.29 is 9.47 Å². The zero-order chi connectivity index (χ0) is 18.6. The third-order valence-corrected chi connectivity index (χ3v) is 4.43. The number of nitrogens with zero attached hydrogens (tertiary/aromatic N) is 2. The summed E-state index contributed by atoms with van der Waals surface area (Å²) in [6.07, 6.45) is 1.62. The molecule has 4 rings (SSSR count). The average Bonchev–Trinajstić information content (AvgIpc) is 2.72. The van der Waals surface area contributed by atoms with Gasteiger partial charge in [0.15, 0.2) is 0 Å². The second-order valence-corrected chi connectivity index (χ2v) is 6.46. The Kier molecular flexibility index (Phi) is 4.90. The van der Waals surface area contributed by atoms with Crippen molar-refractivity contribution in [2.75, 3.05) is 7.11 Å². The number of ether oxygens (including phenoxy) is 2. The molecule has 2 aromatic carbocycles. The summed E-state index contributed by atoms with van der Waals surface area (Å²) in [5.41, 5.74) is 3.37. The first-order chi connectivity index (χ1) is 13.2. The molecule has 0 N–H and O–H groups in total. The van der Waals surface area contributed by atoms with Crippen LogP contribution in [-0.4, -0.2) is 17.1 Å². The van der Waals surface area contributed by atoms with E-state index in [4.69, 9.17) is 26.1 Å². The first-order valence-corrected chi connectivity index (χ1v) is 8.88. The fourth-order valence-corrected chi connectivity index (χ4v) is 2.94. The van der Waals surface area contributed by atoms with Crippen LogP contribution in [0.5, 0.6) is 11.5 Å². The van der Waals surface area contributed by atoms with E-state index in [9.17, 15) is 0 Å². The van der Waals surface area contributed by atoms with Crippen LogP contribution in [0.25, 0.3) is 22.3 Å². The average molecular weight is 377 g/mol. The number of rotatable bonds is 5. The second-order valence-electron chi connectivity index (χ2n) is 6.03. The second kappa shape index (κ2) is 7.64. The Bertz CT molecular complexity index is 1080. The molecule has 0 saturated heterocycles. The van der Waals surface area contributed by atoms with Crippen LogP contribution in [0, 0.1) is 0 Å². The van der Waals surface area contributed by atoms with E-state index >= 15 is 0 Å². The Morgan fingerprint density at radius 3 is 2.59 bits per heavy atom. The van der Waals surface area contributed by atoms with Crippen molar-refractivity contribution in [1.82, 2.24) is 9.97 Å². The first kappa shape index (κ1) is 17.3. The van der Waals surface area contributed by atoms with Gasteiger partial charge in [-0.25, -0.2) is 4.98 Å². The number of benzene rings is 2. The summed E-state index contributed by atoms with van der Waals surface area (Å²) < 4.78 is 11.3. The lowest BCUT2D eigenvalue weighted by Crippen LogP contribution is -1.98. The van der Waals surface area contributed by atoms with Crippen molar-refractivity contribution in [3.8, 4) is 22.9 Å². The van der Waals surface area contributed by atoms with Crippen molar-refractivity contribution in [1.29, 1.82) is 0 Å². The lowest BCUT2D eigenvalue weighted by atomic mass is 10.1. The summed E-state index contributed by atoms with van der Waals surface area (Å²) in [6, 6.07) is 21.4. The van der Waals surface area contributed by atoms with E-state index in [1.165, 1.54) is 0 Å². The van der Waals surface area contributed by atoms with Crippen molar-refractivity contribution in [3.05, 3.63) is 83.5 Å². The van der Waals surface area contributed by atoms with Gasteiger partial charge in [0.2, 0.25) is 0 Å². The molecule has 0 aliphatic rings. The third-order valence-electron chi connectivity index (χ3n) is 4.20. The van der Waals surface area contributed by atoms with Crippen molar-refractivity contribution >= 4 is 22.5 Å². The summed E-state index contributed by atoms with van der Waals surface area (Å²) in [6.45, 7) is 0.432. The maximum absolute atomic E-state index is 6.06. The Labute approximate surface area is 162 Å². The minimum absolute atomic E-state index is 0.432. The summed E-state index contributed by atoms with van der Waals surface area (Å²) in [4.78, 5) is 9.11. The van der Waals surface area contributed by atoms with E-state index in [1.54, 1.807) is 19.4 Å². The fraction of sp³-hybridized carbons (Fsp3) is 0.0909. The topological polar surface area (TPSA) is 44.2 Å². The molecule has 0 aliphatic carbocycles. The lowest BCUT2D eigenvalue weighted by Gasteiger charge is -2.11. The molecule has 2 heterocycles. The number of para-hydroxylation sites is 1. The molecule has 134 valence electrons. The van der Waals surface area contributed by atoms with Gasteiger partial charge in [-0.15, -0.1) is 0 Å². The molecule has 0 radical (unpaired) electrons. The van der Waals surface area contributed by atoms with Crippen LogP contribution in [0.15, 0.2) is 72.9 Å². The molecule has 0 unspecified atom stereocenters. The molecule has 0 aliphatic heterocycles. The molecule has 0 saturated carbocycles. The number of hydrogen-bond acceptors (Lipinski definition) is 4. The number of hydrogen-bond donors (Lipinski definition) is 0. The van der Waals surface area contributed by atoms with Crippen LogP contribution in [0.4, 0.5) is 0 Å². The van der Waals surface area contributed by atoms with E-state index in [0.717, 1.165) is 39.4 Å². The van der Waals surface area contributed by atoms with E-state index in [0.29, 0.717) is 11.6 Å². The molecule has 0 bridgehead atoms. The molecule has 4 aromatic rings. The van der Waals surface area contributed by atoms with Crippen LogP contribution in [-0.2, 0) is 6.61 Å². The van der Waals surface area contributed by atoms with Crippen LogP contribution in [0.1, 0.15) is 5.56 Å². The number of methoxy groups -OCH3 is 1. The normalized spacial score (nSPS) is 10.7. The Hall–Kier alpha value is -3.11. The van der Waals surface area contributed by atoms with Crippen LogP contribution >= 0.6 is 11.6 Å². The van der Waals surface area contributed by atoms with Crippen LogP contribution in [0.2, 0.25) is 5.02 Å². The van der Waals surface area contributed by atoms with Crippen LogP contribution in [0.3, 0.4) is 0 Å². The van der Waals surface area contributed by atoms with E-state index in [1.807, 2.05) is 60.7 Å². The van der Waals surface area contributed by atoms with Gasteiger partial charge >= 0.3 is 0 Å². The molecule has 2 aromatic heterocycles. The maximum atomic E-state index is 6.06. The van der Waals surface area contributed by atoms with Gasteiger partial charge in [0, 0.05) is 11.6 Å². The van der Waals surface area contributed by atoms with Crippen molar-refractivity contribution in [2.24, 2.45) is 0 Å². The number of pyridine rings is 2. The van der Waals surface area contributed by atoms with Crippen LogP contribution < -0.4 is 9.47 Å². The molecule has 0 fully saturated rings. The smallest absolute Gasteiger partial charge is 0.146 e. The standard InChI is InChI=1S/C22H17ClN2O2/c1-26-18-6-2-4-15(12-18)14-27-21-7-3-5-16-8-10-20(25-22(16)21)19-11-9-17(23)13-24-19/h2-13H,14H2,1H3. The van der Waals surface area contributed by atoms with E-state index < -0.39 is 0 Å². The monoisotopic (exact) mass is 376 g/mol. The van der Waals surface area contributed by atoms with Gasteiger partial charge in [-0.3, -0.25) is 4.98 Å². The summed E-state index contributed by atoms with van der Waals surface area (Å²) in [5, 5.41) is 1.61. The Morgan fingerprint density at radius 1 is 0.926 bits per heavy atom. The Morgan fingerprint density at radius 2 is 1.78 bits per heavy atom. The van der Waals surface area contributed by atoms with E-state index in [-0.39, 0.29) is 0 Å². The van der Waals surface area contributed by atoms with Crippen molar-refractivity contribution in [3.63, 3.8) is 0 Å². The summed E-state index contributed by atoms with van der Waals surface area (Å²) in [7, 11) is 1.65. The molecule has 0 spiro atoms. The van der Waals surface area contributed by atoms with Gasteiger partial charge in [0.1, 0.15) is 23.6 Å². The third kappa shape index (κ3) is 3.86. The zero-order valence-electron chi connectivity index (χ0n) is 14.7. The van der Waals surface area contributed by atoms with Gasteiger partial charge in [0.05, 0.1) is 23.5 Å². The molecule has 27 heavy (non-hydrogen) atoms. The first-order valence-electron chi connectivity index (χ1n) is 8.50. The summed E-state index contributed by atoms with van der Waals surface area (Å²) >= 11 is 5.93. The van der Waals surface area contributed by atoms with Gasteiger partial charge in [-0.1, -0.05) is 41.9 Å². The fourth-order valence-electron chi connectivity index (χ4n) is 2.83. The molecule has 4 nitrogen and oxygen atoms in total. The molecular formula is C22H17ClN2O2. The quantitative estimate of drug-likeness (QED) is 0.459. The highest BCUT2D eigenvalue weighted by Gasteiger charge is 2.08. The largest absolute Gasteiger partial charge is 0.497 e. The SMILES string of the molecule is COc1cccc(COc2cccc3ccc(-c4ccc(Cl)cn4)nc23)c1. The highest BCUT2D eigenvalue weighted by Crippen LogP contribution is 2.28. The highest BCUT2D eigenvalue weighted by atomic mass is 35.5. The van der Waals surface area contributed by atoms with Gasteiger partial charge in [-0.2, -0.15) is 0 Å². The molecule has 0 amide bonds. The summed E-state index contributed by atoms with van der Waals surface area (Å²) in [5.74, 6) is 1.54. The molecular weight excluding hydrogens is 360 g/mol. The maximum Gasteiger partial charge on any atom is 0.146 e. The predicted molar refractivity (Wildman–Crippen MR) is 107 cm³/mol. The van der Waals surface area contributed by atoms with Gasteiger partial charge in [-0.05, 0) is 42.0 Å². The number of fused-ring (bicyclic) bond motifs is 1. The Balaban J connectivity index is 1.65. The van der Waals surface area contributed by atoms with E-state index in [2.05, 4.69) is 4.98 Å². The van der Waals surface area contributed by atoms with Gasteiger partial charge in [0.25, 0.3) is 0 Å². The van der Waals surface area contributed by atoms with Gasteiger partial charge < -0.3 is 9.47 Å². The lowest BCUT2D eigenvalue weighted by molar-refractivity contribution is 0.308. The number of aromatic nitrogens is 2. The van der Waals surface area contributed by atoms with Crippen molar-refractivity contribution in [2.45, 2.75) is 6.61 Å².